The van der Waals surface area contributed by atoms with Gasteiger partial charge in [-0.1, -0.05) is 20.3 Å². The molecule has 3 heterocycles. The van der Waals surface area contributed by atoms with Crippen LogP contribution in [0.3, 0.4) is 0 Å². The molecular formula is C18H35N3. The summed E-state index contributed by atoms with van der Waals surface area (Å²) in [6.07, 6.45) is 5.67. The fraction of sp³-hybridized carbons (Fsp3) is 1.00. The summed E-state index contributed by atoms with van der Waals surface area (Å²) in [6, 6.07) is 0. The molecule has 0 amide bonds. The van der Waals surface area contributed by atoms with E-state index in [0.29, 0.717) is 0 Å². The largest absolute Gasteiger partial charge is 0.316 e. The van der Waals surface area contributed by atoms with Crippen molar-refractivity contribution < 1.29 is 0 Å². The third kappa shape index (κ3) is 3.80. The molecule has 0 saturated carbocycles. The fourth-order valence-corrected chi connectivity index (χ4v) is 5.23. The number of rotatable bonds is 2. The first-order chi connectivity index (χ1) is 10.3. The SMILES string of the molecule is CC1CNCC(C2CNCC(C3CCCCNC3)C2C)C1. The average Bonchev–Trinajstić information content (AvgIpc) is 2.76. The molecule has 0 aromatic heterocycles. The summed E-state index contributed by atoms with van der Waals surface area (Å²) in [7, 11) is 0. The molecule has 0 radical (unpaired) electrons. The zero-order valence-corrected chi connectivity index (χ0v) is 14.0. The highest BCUT2D eigenvalue weighted by atomic mass is 14.9. The zero-order valence-electron chi connectivity index (χ0n) is 14.0. The second-order valence-electron chi connectivity index (χ2n) is 8.06. The lowest BCUT2D eigenvalue weighted by molar-refractivity contribution is 0.0690. The van der Waals surface area contributed by atoms with Gasteiger partial charge < -0.3 is 16.0 Å². The lowest BCUT2D eigenvalue weighted by Crippen LogP contribution is -2.52. The Morgan fingerprint density at radius 1 is 0.714 bits per heavy atom. The van der Waals surface area contributed by atoms with E-state index in [-0.39, 0.29) is 0 Å². The topological polar surface area (TPSA) is 36.1 Å². The molecule has 0 spiro atoms. The Kier molecular flexibility index (Phi) is 5.58. The molecule has 0 aromatic rings. The van der Waals surface area contributed by atoms with Crippen molar-refractivity contribution >= 4 is 0 Å². The highest BCUT2D eigenvalue weighted by Gasteiger charge is 2.39. The molecule has 0 aliphatic carbocycles. The number of hydrogen-bond acceptors (Lipinski definition) is 3. The van der Waals surface area contributed by atoms with Gasteiger partial charge in [-0.2, -0.15) is 0 Å². The Labute approximate surface area is 131 Å². The van der Waals surface area contributed by atoms with E-state index in [0.717, 1.165) is 35.5 Å². The zero-order chi connectivity index (χ0) is 14.7. The summed E-state index contributed by atoms with van der Waals surface area (Å²) >= 11 is 0. The van der Waals surface area contributed by atoms with E-state index in [1.807, 2.05) is 0 Å². The van der Waals surface area contributed by atoms with E-state index in [2.05, 4.69) is 29.8 Å². The summed E-state index contributed by atoms with van der Waals surface area (Å²) in [5, 5.41) is 11.1. The van der Waals surface area contributed by atoms with Gasteiger partial charge in [-0.25, -0.2) is 0 Å². The smallest absolute Gasteiger partial charge is 0.00146 e. The van der Waals surface area contributed by atoms with Crippen molar-refractivity contribution in [2.75, 3.05) is 39.3 Å². The molecule has 3 heteroatoms. The van der Waals surface area contributed by atoms with Gasteiger partial charge in [0, 0.05) is 0 Å². The van der Waals surface area contributed by atoms with Crippen LogP contribution in [0, 0.1) is 35.5 Å². The summed E-state index contributed by atoms with van der Waals surface area (Å²) in [6.45, 7) is 12.4. The van der Waals surface area contributed by atoms with Gasteiger partial charge in [0.1, 0.15) is 0 Å². The van der Waals surface area contributed by atoms with Gasteiger partial charge in [0.2, 0.25) is 0 Å². The van der Waals surface area contributed by atoms with Crippen LogP contribution < -0.4 is 16.0 Å². The van der Waals surface area contributed by atoms with Crippen LogP contribution in [0.25, 0.3) is 0 Å². The molecule has 3 rings (SSSR count). The Morgan fingerprint density at radius 2 is 1.43 bits per heavy atom. The Hall–Kier alpha value is -0.120. The predicted molar refractivity (Wildman–Crippen MR) is 89.4 cm³/mol. The van der Waals surface area contributed by atoms with Gasteiger partial charge in [0.15, 0.2) is 0 Å². The molecule has 0 bridgehead atoms. The highest BCUT2D eigenvalue weighted by Crippen LogP contribution is 2.38. The molecule has 3 saturated heterocycles. The Bertz CT molecular complexity index is 302. The first-order valence-electron chi connectivity index (χ1n) is 9.38. The van der Waals surface area contributed by atoms with E-state index in [1.54, 1.807) is 0 Å². The molecule has 3 aliphatic heterocycles. The molecule has 3 N–H and O–H groups in total. The van der Waals surface area contributed by atoms with Crippen molar-refractivity contribution in [1.29, 1.82) is 0 Å². The molecule has 3 fully saturated rings. The lowest BCUT2D eigenvalue weighted by Gasteiger charge is -2.45. The lowest BCUT2D eigenvalue weighted by atomic mass is 9.66. The molecule has 6 atom stereocenters. The minimum atomic E-state index is 0.857. The maximum Gasteiger partial charge on any atom is -0.00146 e. The van der Waals surface area contributed by atoms with E-state index < -0.39 is 0 Å². The van der Waals surface area contributed by atoms with Gasteiger partial charge in [-0.3, -0.25) is 0 Å². The van der Waals surface area contributed by atoms with Crippen LogP contribution >= 0.6 is 0 Å². The van der Waals surface area contributed by atoms with Crippen LogP contribution in [0.1, 0.15) is 39.5 Å². The first-order valence-corrected chi connectivity index (χ1v) is 9.38. The van der Waals surface area contributed by atoms with Crippen LogP contribution in [0.15, 0.2) is 0 Å². The number of hydrogen-bond donors (Lipinski definition) is 3. The molecular weight excluding hydrogens is 258 g/mol. The van der Waals surface area contributed by atoms with Crippen molar-refractivity contribution in [2.45, 2.75) is 39.5 Å². The second kappa shape index (κ2) is 7.43. The maximum atomic E-state index is 3.79. The summed E-state index contributed by atoms with van der Waals surface area (Å²) in [5.74, 6) is 5.28. The van der Waals surface area contributed by atoms with E-state index in [4.69, 9.17) is 0 Å². The van der Waals surface area contributed by atoms with Gasteiger partial charge in [0.25, 0.3) is 0 Å². The second-order valence-corrected chi connectivity index (χ2v) is 8.06. The number of nitrogens with one attached hydrogen (secondary N) is 3. The van der Waals surface area contributed by atoms with Gasteiger partial charge in [-0.05, 0) is 94.0 Å². The van der Waals surface area contributed by atoms with Crippen LogP contribution in [-0.2, 0) is 0 Å². The predicted octanol–water partition coefficient (Wildman–Crippen LogP) is 2.09. The van der Waals surface area contributed by atoms with Crippen molar-refractivity contribution in [3.8, 4) is 0 Å². The average molecular weight is 293 g/mol. The van der Waals surface area contributed by atoms with Crippen molar-refractivity contribution in [2.24, 2.45) is 35.5 Å². The van der Waals surface area contributed by atoms with Crippen molar-refractivity contribution in [3.63, 3.8) is 0 Å². The monoisotopic (exact) mass is 293 g/mol. The highest BCUT2D eigenvalue weighted by molar-refractivity contribution is 4.92. The molecule has 21 heavy (non-hydrogen) atoms. The van der Waals surface area contributed by atoms with Crippen LogP contribution in [-0.4, -0.2) is 39.3 Å². The van der Waals surface area contributed by atoms with E-state index >= 15 is 0 Å². The van der Waals surface area contributed by atoms with E-state index in [9.17, 15) is 0 Å². The van der Waals surface area contributed by atoms with Crippen molar-refractivity contribution in [1.82, 2.24) is 16.0 Å². The van der Waals surface area contributed by atoms with Crippen LogP contribution in [0.5, 0.6) is 0 Å². The quantitative estimate of drug-likeness (QED) is 0.730. The summed E-state index contributed by atoms with van der Waals surface area (Å²) < 4.78 is 0. The van der Waals surface area contributed by atoms with Crippen LogP contribution in [0.4, 0.5) is 0 Å². The molecule has 3 aliphatic rings. The normalized spacial score (nSPS) is 46.0. The minimum absolute atomic E-state index is 0.857. The minimum Gasteiger partial charge on any atom is -0.316 e. The maximum absolute atomic E-state index is 3.79. The molecule has 3 nitrogen and oxygen atoms in total. The van der Waals surface area contributed by atoms with Crippen LogP contribution in [0.2, 0.25) is 0 Å². The number of piperidine rings is 2. The third-order valence-electron chi connectivity index (χ3n) is 6.51. The standard InChI is InChI=1S/C18H35N3/c1-13-7-16(10-20-8-13)18-12-21-11-17(14(18)2)15-5-3-4-6-19-9-15/h13-21H,3-12H2,1-2H3. The Balaban J connectivity index is 1.63. The summed E-state index contributed by atoms with van der Waals surface area (Å²) in [4.78, 5) is 0. The molecule has 6 unspecified atom stereocenters. The third-order valence-corrected chi connectivity index (χ3v) is 6.51. The van der Waals surface area contributed by atoms with Gasteiger partial charge >= 0.3 is 0 Å². The first kappa shape index (κ1) is 15.8. The van der Waals surface area contributed by atoms with Gasteiger partial charge in [-0.15, -0.1) is 0 Å². The van der Waals surface area contributed by atoms with Gasteiger partial charge in [0.05, 0.1) is 0 Å². The Morgan fingerprint density at radius 3 is 2.24 bits per heavy atom. The fourth-order valence-electron chi connectivity index (χ4n) is 5.23. The van der Waals surface area contributed by atoms with Crippen molar-refractivity contribution in [3.05, 3.63) is 0 Å². The van der Waals surface area contributed by atoms with E-state index in [1.165, 1.54) is 65.0 Å². The summed E-state index contributed by atoms with van der Waals surface area (Å²) in [5.41, 5.74) is 0. The molecule has 122 valence electrons. The molecule has 0 aromatic carbocycles.